The normalized spacial score (nSPS) is 33.8. The Morgan fingerprint density at radius 2 is 1.79 bits per heavy atom. The zero-order valence-electron chi connectivity index (χ0n) is 11.2. The summed E-state index contributed by atoms with van der Waals surface area (Å²) in [6.07, 6.45) is 4.16. The minimum atomic E-state index is -3.33. The Kier molecular flexibility index (Phi) is 2.81. The monoisotopic (exact) mass is 280 g/mol. The van der Waals surface area contributed by atoms with Gasteiger partial charge in [0, 0.05) is 5.41 Å². The minimum absolute atomic E-state index is 0.00189. The highest BCUT2D eigenvalue weighted by molar-refractivity contribution is 7.93. The van der Waals surface area contributed by atoms with Crippen LogP contribution in [0.4, 0.5) is 0 Å². The van der Waals surface area contributed by atoms with E-state index < -0.39 is 14.6 Å². The number of hydrogen-bond donors (Lipinski definition) is 1. The van der Waals surface area contributed by atoms with Crippen molar-refractivity contribution in [3.63, 3.8) is 0 Å². The van der Waals surface area contributed by atoms with Crippen LogP contribution < -0.4 is 0 Å². The Hall–Kier alpha value is -0.870. The van der Waals surface area contributed by atoms with Crippen molar-refractivity contribution in [1.82, 2.24) is 0 Å². The van der Waals surface area contributed by atoms with Crippen molar-refractivity contribution < 1.29 is 13.5 Å². The van der Waals surface area contributed by atoms with E-state index in [1.807, 2.05) is 19.1 Å². The van der Waals surface area contributed by atoms with Gasteiger partial charge < -0.3 is 5.11 Å². The first-order chi connectivity index (χ1) is 8.97. The van der Waals surface area contributed by atoms with Gasteiger partial charge in [-0.25, -0.2) is 8.42 Å². The predicted octanol–water partition coefficient (Wildman–Crippen LogP) is 2.46. The van der Waals surface area contributed by atoms with Crippen LogP contribution in [0.15, 0.2) is 29.2 Å². The molecule has 0 amide bonds. The van der Waals surface area contributed by atoms with Gasteiger partial charge in [0.1, 0.15) is 0 Å². The molecule has 2 fully saturated rings. The van der Waals surface area contributed by atoms with Gasteiger partial charge in [0.2, 0.25) is 0 Å². The van der Waals surface area contributed by atoms with Crippen LogP contribution in [0.2, 0.25) is 0 Å². The quantitative estimate of drug-likeness (QED) is 0.925. The Balaban J connectivity index is 2.04. The number of hydrogen-bond acceptors (Lipinski definition) is 3. The van der Waals surface area contributed by atoms with E-state index in [4.69, 9.17) is 0 Å². The number of sulfone groups is 1. The lowest BCUT2D eigenvalue weighted by molar-refractivity contribution is 0.175. The molecule has 3 nitrogen and oxygen atoms in total. The molecule has 2 saturated carbocycles. The van der Waals surface area contributed by atoms with Gasteiger partial charge in [-0.1, -0.05) is 30.5 Å². The van der Waals surface area contributed by atoms with Gasteiger partial charge >= 0.3 is 0 Å². The average Bonchev–Trinajstić information content (AvgIpc) is 3.11. The van der Waals surface area contributed by atoms with Gasteiger partial charge in [0.25, 0.3) is 0 Å². The van der Waals surface area contributed by atoms with Crippen molar-refractivity contribution in [3.8, 4) is 0 Å². The van der Waals surface area contributed by atoms with Gasteiger partial charge in [0.15, 0.2) is 9.84 Å². The standard InChI is InChI=1S/C15H20O3S/c1-12-4-6-13(7-5-12)19(17,18)15-9-3-2-8-14(15,10-15)11-16/h4-7,16H,2-3,8-11H2,1H3/t14-,15-/m1/s1. The largest absolute Gasteiger partial charge is 0.396 e. The van der Waals surface area contributed by atoms with Crippen LogP contribution in [0.25, 0.3) is 0 Å². The summed E-state index contributed by atoms with van der Waals surface area (Å²) in [5.74, 6) is 0. The summed E-state index contributed by atoms with van der Waals surface area (Å²) in [5.41, 5.74) is 0.693. The number of fused-ring (bicyclic) bond motifs is 1. The van der Waals surface area contributed by atoms with Crippen molar-refractivity contribution in [1.29, 1.82) is 0 Å². The van der Waals surface area contributed by atoms with Crippen LogP contribution in [-0.2, 0) is 9.84 Å². The maximum absolute atomic E-state index is 12.9. The van der Waals surface area contributed by atoms with Crippen LogP contribution in [0.3, 0.4) is 0 Å². The van der Waals surface area contributed by atoms with Crippen LogP contribution in [0, 0.1) is 12.3 Å². The zero-order chi connectivity index (χ0) is 13.7. The first kappa shape index (κ1) is 13.1. The molecule has 0 saturated heterocycles. The van der Waals surface area contributed by atoms with E-state index in [-0.39, 0.29) is 12.0 Å². The molecular formula is C15H20O3S. The summed E-state index contributed by atoms with van der Waals surface area (Å²) < 4.78 is 25.1. The lowest BCUT2D eigenvalue weighted by atomic mass is 9.89. The van der Waals surface area contributed by atoms with Crippen molar-refractivity contribution in [3.05, 3.63) is 29.8 Å². The third-order valence-corrected chi connectivity index (χ3v) is 7.80. The van der Waals surface area contributed by atoms with E-state index in [1.165, 1.54) is 0 Å². The van der Waals surface area contributed by atoms with E-state index >= 15 is 0 Å². The summed E-state index contributed by atoms with van der Waals surface area (Å²) >= 11 is 0. The predicted molar refractivity (Wildman–Crippen MR) is 73.7 cm³/mol. The Labute approximate surface area is 114 Å². The number of aryl methyl sites for hydroxylation is 1. The summed E-state index contributed by atoms with van der Waals surface area (Å²) in [4.78, 5) is 0.412. The molecule has 0 radical (unpaired) electrons. The third-order valence-electron chi connectivity index (χ3n) is 5.10. The third kappa shape index (κ3) is 1.62. The highest BCUT2D eigenvalue weighted by Gasteiger charge is 2.74. The minimum Gasteiger partial charge on any atom is -0.396 e. The summed E-state index contributed by atoms with van der Waals surface area (Å²) in [7, 11) is -3.33. The van der Waals surface area contributed by atoms with Crippen molar-refractivity contribution in [2.24, 2.45) is 5.41 Å². The highest BCUT2D eigenvalue weighted by atomic mass is 32.2. The fourth-order valence-corrected chi connectivity index (χ4v) is 6.34. The Morgan fingerprint density at radius 1 is 1.16 bits per heavy atom. The smallest absolute Gasteiger partial charge is 0.184 e. The van der Waals surface area contributed by atoms with Gasteiger partial charge in [-0.3, -0.25) is 0 Å². The summed E-state index contributed by atoms with van der Waals surface area (Å²) in [5, 5.41) is 9.65. The summed E-state index contributed by atoms with van der Waals surface area (Å²) in [6.45, 7) is 1.95. The maximum Gasteiger partial charge on any atom is 0.184 e. The molecule has 2 aliphatic carbocycles. The van der Waals surface area contributed by atoms with Crippen LogP contribution >= 0.6 is 0 Å². The first-order valence-corrected chi connectivity index (χ1v) is 8.38. The van der Waals surface area contributed by atoms with Gasteiger partial charge in [-0.2, -0.15) is 0 Å². The van der Waals surface area contributed by atoms with Crippen LogP contribution in [0.5, 0.6) is 0 Å². The van der Waals surface area contributed by atoms with Gasteiger partial charge in [-0.05, 0) is 38.3 Å². The molecule has 1 aromatic rings. The zero-order valence-corrected chi connectivity index (χ0v) is 12.0. The maximum atomic E-state index is 12.9. The van der Waals surface area contributed by atoms with E-state index in [9.17, 15) is 13.5 Å². The fraction of sp³-hybridized carbons (Fsp3) is 0.600. The van der Waals surface area contributed by atoms with E-state index in [2.05, 4.69) is 0 Å². The highest BCUT2D eigenvalue weighted by Crippen LogP contribution is 2.69. The molecular weight excluding hydrogens is 260 g/mol. The molecule has 0 aromatic heterocycles. The van der Waals surface area contributed by atoms with Gasteiger partial charge in [-0.15, -0.1) is 0 Å². The molecule has 0 aliphatic heterocycles. The van der Waals surface area contributed by atoms with Crippen LogP contribution in [0.1, 0.15) is 37.7 Å². The lowest BCUT2D eigenvalue weighted by Gasteiger charge is -2.29. The molecule has 0 heterocycles. The van der Waals surface area contributed by atoms with Gasteiger partial charge in [0.05, 0.1) is 16.2 Å². The molecule has 0 bridgehead atoms. The van der Waals surface area contributed by atoms with E-state index in [1.54, 1.807) is 12.1 Å². The van der Waals surface area contributed by atoms with E-state index in [0.717, 1.165) is 24.8 Å². The topological polar surface area (TPSA) is 54.4 Å². The molecule has 104 valence electrons. The molecule has 1 N–H and O–H groups in total. The second-order valence-electron chi connectivity index (χ2n) is 6.13. The average molecular weight is 280 g/mol. The number of benzene rings is 1. The number of aliphatic hydroxyl groups excluding tert-OH is 1. The number of aliphatic hydroxyl groups is 1. The molecule has 2 atom stereocenters. The Morgan fingerprint density at radius 3 is 2.42 bits per heavy atom. The second-order valence-corrected chi connectivity index (χ2v) is 8.39. The Bertz CT molecular complexity index is 590. The molecule has 19 heavy (non-hydrogen) atoms. The first-order valence-electron chi connectivity index (χ1n) is 6.90. The molecule has 2 aliphatic rings. The lowest BCUT2D eigenvalue weighted by Crippen LogP contribution is -2.35. The molecule has 0 spiro atoms. The second kappa shape index (κ2) is 4.06. The molecule has 4 heteroatoms. The SMILES string of the molecule is Cc1ccc(S(=O)(=O)[C@@]23CCCC[C@]2(CO)C3)cc1. The van der Waals surface area contributed by atoms with E-state index in [0.29, 0.717) is 17.7 Å². The van der Waals surface area contributed by atoms with Crippen molar-refractivity contribution in [2.75, 3.05) is 6.61 Å². The molecule has 1 aromatic carbocycles. The molecule has 0 unspecified atom stereocenters. The summed E-state index contributed by atoms with van der Waals surface area (Å²) in [6, 6.07) is 7.09. The molecule has 3 rings (SSSR count). The van der Waals surface area contributed by atoms with Crippen molar-refractivity contribution >= 4 is 9.84 Å². The van der Waals surface area contributed by atoms with Crippen molar-refractivity contribution in [2.45, 2.75) is 48.7 Å². The fourth-order valence-electron chi connectivity index (χ4n) is 3.78. The number of rotatable bonds is 3. The van der Waals surface area contributed by atoms with Crippen LogP contribution in [-0.4, -0.2) is 24.9 Å².